The molecule has 2 heterocycles. The zero-order valence-electron chi connectivity index (χ0n) is 9.38. The summed E-state index contributed by atoms with van der Waals surface area (Å²) in [7, 11) is 0. The molecule has 0 fully saturated rings. The topological polar surface area (TPSA) is 72.3 Å². The molecule has 0 saturated carbocycles. The second-order valence-electron chi connectivity index (χ2n) is 3.24. The first-order valence-electron chi connectivity index (χ1n) is 5.11. The number of hydrogen-bond acceptors (Lipinski definition) is 5. The van der Waals surface area contributed by atoms with Gasteiger partial charge in [-0.25, -0.2) is 14.8 Å². The number of carboxylic acid groups (broad SMARTS) is 1. The van der Waals surface area contributed by atoms with Gasteiger partial charge >= 0.3 is 5.97 Å². The van der Waals surface area contributed by atoms with E-state index in [9.17, 15) is 4.79 Å². The van der Waals surface area contributed by atoms with Crippen molar-refractivity contribution in [1.29, 1.82) is 0 Å². The number of nitrogens with zero attached hydrogens (tertiary/aromatic N) is 2. The van der Waals surface area contributed by atoms with Crippen LogP contribution in [0, 0.1) is 0 Å². The summed E-state index contributed by atoms with van der Waals surface area (Å²) in [6.45, 7) is 2.31. The van der Waals surface area contributed by atoms with Crippen molar-refractivity contribution in [3.8, 4) is 16.5 Å². The highest BCUT2D eigenvalue weighted by Gasteiger charge is 2.19. The van der Waals surface area contributed by atoms with Crippen LogP contribution in [0.5, 0.6) is 5.88 Å². The number of aromatic nitrogens is 2. The van der Waals surface area contributed by atoms with Gasteiger partial charge in [0.1, 0.15) is 9.34 Å². The van der Waals surface area contributed by atoms with Crippen LogP contribution >= 0.6 is 22.9 Å². The molecule has 1 N–H and O–H groups in total. The van der Waals surface area contributed by atoms with Gasteiger partial charge in [0.2, 0.25) is 5.88 Å². The Morgan fingerprint density at radius 2 is 2.39 bits per heavy atom. The van der Waals surface area contributed by atoms with Crippen LogP contribution in [-0.4, -0.2) is 27.7 Å². The minimum Gasteiger partial charge on any atom is -0.477 e. The van der Waals surface area contributed by atoms with Gasteiger partial charge in [-0.05, 0) is 19.1 Å². The zero-order valence-corrected chi connectivity index (χ0v) is 11.0. The molecule has 7 heteroatoms. The first-order valence-corrected chi connectivity index (χ1v) is 6.30. The highest BCUT2D eigenvalue weighted by molar-refractivity contribution is 7.19. The lowest BCUT2D eigenvalue weighted by molar-refractivity contribution is 0.0691. The Kier molecular flexibility index (Phi) is 3.78. The quantitative estimate of drug-likeness (QED) is 0.934. The van der Waals surface area contributed by atoms with E-state index in [4.69, 9.17) is 21.4 Å². The van der Waals surface area contributed by atoms with Crippen LogP contribution in [0.4, 0.5) is 0 Å². The second kappa shape index (κ2) is 5.32. The first kappa shape index (κ1) is 12.8. The Morgan fingerprint density at radius 1 is 1.61 bits per heavy atom. The summed E-state index contributed by atoms with van der Waals surface area (Å²) in [6, 6.07) is 3.49. The number of carbonyl (C=O) groups is 1. The maximum absolute atomic E-state index is 10.9. The molecule has 18 heavy (non-hydrogen) atoms. The molecule has 0 saturated heterocycles. The van der Waals surface area contributed by atoms with Crippen molar-refractivity contribution in [2.75, 3.05) is 6.61 Å². The number of thiazole rings is 1. The van der Waals surface area contributed by atoms with Gasteiger partial charge in [-0.15, -0.1) is 11.3 Å². The van der Waals surface area contributed by atoms with E-state index in [1.165, 1.54) is 0 Å². The molecule has 0 bridgehead atoms. The Morgan fingerprint density at radius 3 is 3.00 bits per heavy atom. The van der Waals surface area contributed by atoms with Crippen LogP contribution in [0.15, 0.2) is 18.3 Å². The highest BCUT2D eigenvalue weighted by Crippen LogP contribution is 2.35. The lowest BCUT2D eigenvalue weighted by atomic mass is 10.3. The molecule has 5 nitrogen and oxygen atoms in total. The summed E-state index contributed by atoms with van der Waals surface area (Å²) >= 11 is 6.92. The summed E-state index contributed by atoms with van der Waals surface area (Å²) in [6.07, 6.45) is 1.60. The molecule has 2 aromatic rings. The van der Waals surface area contributed by atoms with Crippen molar-refractivity contribution in [2.45, 2.75) is 6.92 Å². The van der Waals surface area contributed by atoms with Crippen LogP contribution < -0.4 is 4.74 Å². The van der Waals surface area contributed by atoms with E-state index < -0.39 is 5.97 Å². The third-order valence-electron chi connectivity index (χ3n) is 2.07. The molecule has 0 aliphatic rings. The van der Waals surface area contributed by atoms with Crippen LogP contribution in [0.25, 0.3) is 10.6 Å². The number of hydrogen-bond donors (Lipinski definition) is 1. The molecule has 0 atom stereocenters. The van der Waals surface area contributed by atoms with Crippen molar-refractivity contribution >= 4 is 28.9 Å². The molecule has 0 aromatic carbocycles. The molecular formula is C11H9ClN2O3S. The van der Waals surface area contributed by atoms with Crippen molar-refractivity contribution in [1.82, 2.24) is 9.97 Å². The maximum Gasteiger partial charge on any atom is 0.356 e. The summed E-state index contributed by atoms with van der Waals surface area (Å²) in [4.78, 5) is 19.0. The van der Waals surface area contributed by atoms with Crippen molar-refractivity contribution in [3.63, 3.8) is 0 Å². The predicted molar refractivity (Wildman–Crippen MR) is 68.5 cm³/mol. The van der Waals surface area contributed by atoms with Crippen molar-refractivity contribution in [3.05, 3.63) is 28.4 Å². The first-order chi connectivity index (χ1) is 8.63. The normalized spacial score (nSPS) is 10.3. The molecule has 0 spiro atoms. The third kappa shape index (κ3) is 2.44. The molecule has 2 aromatic heterocycles. The van der Waals surface area contributed by atoms with Gasteiger partial charge in [0.15, 0.2) is 5.69 Å². The van der Waals surface area contributed by atoms with E-state index in [1.54, 1.807) is 18.3 Å². The van der Waals surface area contributed by atoms with Gasteiger partial charge in [0.25, 0.3) is 0 Å². The summed E-state index contributed by atoms with van der Waals surface area (Å²) in [5, 5.41) is 9.39. The maximum atomic E-state index is 10.9. The summed E-state index contributed by atoms with van der Waals surface area (Å²) in [5.74, 6) is -0.730. The van der Waals surface area contributed by atoms with Crippen LogP contribution in [0.2, 0.25) is 4.34 Å². The molecule has 2 rings (SSSR count). The fraction of sp³-hybridized carbons (Fsp3) is 0.182. The number of halogens is 1. The van der Waals surface area contributed by atoms with Crippen LogP contribution in [0.3, 0.4) is 0 Å². The Balaban J connectivity index is 2.48. The molecule has 0 aliphatic carbocycles. The van der Waals surface area contributed by atoms with Crippen molar-refractivity contribution in [2.24, 2.45) is 0 Å². The number of ether oxygens (including phenoxy) is 1. The summed E-state index contributed by atoms with van der Waals surface area (Å²) < 4.78 is 5.51. The fourth-order valence-corrected chi connectivity index (χ4v) is 2.50. The molecule has 0 unspecified atom stereocenters. The summed E-state index contributed by atoms with van der Waals surface area (Å²) in [5.41, 5.74) is 0.488. The van der Waals surface area contributed by atoms with E-state index in [0.717, 1.165) is 11.3 Å². The van der Waals surface area contributed by atoms with E-state index in [0.29, 0.717) is 23.1 Å². The average molecular weight is 285 g/mol. The molecule has 0 radical (unpaired) electrons. The van der Waals surface area contributed by atoms with Gasteiger partial charge in [0.05, 0.1) is 12.2 Å². The number of pyridine rings is 1. The molecule has 94 valence electrons. The monoisotopic (exact) mass is 284 g/mol. The van der Waals surface area contributed by atoms with E-state index in [2.05, 4.69) is 9.97 Å². The number of carboxylic acids is 1. The third-order valence-corrected chi connectivity index (χ3v) is 3.36. The fourth-order valence-electron chi connectivity index (χ4n) is 1.35. The largest absolute Gasteiger partial charge is 0.477 e. The lowest BCUT2D eigenvalue weighted by Gasteiger charge is -2.05. The van der Waals surface area contributed by atoms with E-state index in [1.807, 2.05) is 6.92 Å². The zero-order chi connectivity index (χ0) is 13.1. The smallest absolute Gasteiger partial charge is 0.356 e. The van der Waals surface area contributed by atoms with E-state index in [-0.39, 0.29) is 10.0 Å². The Bertz CT molecular complexity index is 585. The Hall–Kier alpha value is -1.66. The number of aromatic carboxylic acids is 1. The van der Waals surface area contributed by atoms with Gasteiger partial charge in [-0.2, -0.15) is 0 Å². The molecular weight excluding hydrogens is 276 g/mol. The van der Waals surface area contributed by atoms with Gasteiger partial charge in [0, 0.05) is 6.20 Å². The molecule has 0 amide bonds. The van der Waals surface area contributed by atoms with E-state index >= 15 is 0 Å². The minimum atomic E-state index is -1.15. The van der Waals surface area contributed by atoms with Gasteiger partial charge < -0.3 is 9.84 Å². The van der Waals surface area contributed by atoms with Gasteiger partial charge in [-0.1, -0.05) is 11.6 Å². The highest BCUT2D eigenvalue weighted by atomic mass is 35.5. The predicted octanol–water partition coefficient (Wildman–Crippen LogP) is 2.96. The number of rotatable bonds is 4. The van der Waals surface area contributed by atoms with Crippen LogP contribution in [-0.2, 0) is 0 Å². The Labute approximate surface area is 112 Å². The SMILES string of the molecule is CCOc1ncccc1-c1nc(C(=O)O)c(Cl)s1. The minimum absolute atomic E-state index is 0.142. The van der Waals surface area contributed by atoms with Crippen molar-refractivity contribution < 1.29 is 14.6 Å². The van der Waals surface area contributed by atoms with Gasteiger partial charge in [-0.3, -0.25) is 0 Å². The van der Waals surface area contributed by atoms with Crippen LogP contribution in [0.1, 0.15) is 17.4 Å². The lowest BCUT2D eigenvalue weighted by Crippen LogP contribution is -1.98. The standard InChI is InChI=1S/C11H9ClN2O3S/c1-2-17-9-6(4-3-5-13-9)10-14-7(11(15)16)8(12)18-10/h3-5H,2H2,1H3,(H,15,16). The average Bonchev–Trinajstić information content (AvgIpc) is 2.72. The second-order valence-corrected chi connectivity index (χ2v) is 4.84. The molecule has 0 aliphatic heterocycles.